The maximum absolute atomic E-state index is 5.60. The van der Waals surface area contributed by atoms with Crippen molar-refractivity contribution in [3.8, 4) is 11.5 Å². The van der Waals surface area contributed by atoms with E-state index in [0.717, 1.165) is 17.2 Å². The molecule has 18 heavy (non-hydrogen) atoms. The van der Waals surface area contributed by atoms with Crippen LogP contribution in [0.3, 0.4) is 0 Å². The van der Waals surface area contributed by atoms with Crippen LogP contribution in [0.25, 0.3) is 0 Å². The minimum absolute atomic E-state index is 0.151. The topological polar surface area (TPSA) is 49.0 Å². The van der Waals surface area contributed by atoms with Crippen LogP contribution in [0.5, 0.6) is 11.5 Å². The maximum atomic E-state index is 5.60. The Morgan fingerprint density at radius 3 is 2.61 bits per heavy atom. The summed E-state index contributed by atoms with van der Waals surface area (Å²) in [4.78, 5) is 0. The predicted molar refractivity (Wildman–Crippen MR) is 66.0 cm³/mol. The second-order valence-corrected chi connectivity index (χ2v) is 4.93. The molecule has 0 atom stereocenters. The molecule has 0 radical (unpaired) electrons. The quantitative estimate of drug-likeness (QED) is 0.871. The van der Waals surface area contributed by atoms with E-state index in [-0.39, 0.29) is 6.04 Å². The van der Waals surface area contributed by atoms with Gasteiger partial charge in [-0.05, 0) is 26.0 Å². The Labute approximate surface area is 106 Å². The molecule has 2 aliphatic rings. The first-order valence-electron chi connectivity index (χ1n) is 6.06. The molecule has 0 saturated carbocycles. The van der Waals surface area contributed by atoms with E-state index in [1.54, 1.807) is 0 Å². The predicted octanol–water partition coefficient (Wildman–Crippen LogP) is 1.98. The standard InChI is InChI=1S/C13H17NO4/c1-13(2)17-6-10(7-18-13)14-9-3-4-11-12(5-9)16-8-15-11/h3-5,10,14H,6-8H2,1-2H3. The first-order valence-corrected chi connectivity index (χ1v) is 6.06. The Kier molecular flexibility index (Phi) is 2.80. The summed E-state index contributed by atoms with van der Waals surface area (Å²) >= 11 is 0. The molecule has 0 amide bonds. The van der Waals surface area contributed by atoms with Crippen LogP contribution in [-0.2, 0) is 9.47 Å². The van der Waals surface area contributed by atoms with Crippen molar-refractivity contribution < 1.29 is 18.9 Å². The third-order valence-electron chi connectivity index (χ3n) is 3.01. The number of ether oxygens (including phenoxy) is 4. The summed E-state index contributed by atoms with van der Waals surface area (Å²) in [7, 11) is 0. The van der Waals surface area contributed by atoms with Crippen LogP contribution in [0.2, 0.25) is 0 Å². The minimum atomic E-state index is -0.479. The number of hydrogen-bond acceptors (Lipinski definition) is 5. The molecule has 2 heterocycles. The van der Waals surface area contributed by atoms with E-state index in [0.29, 0.717) is 20.0 Å². The molecule has 5 nitrogen and oxygen atoms in total. The van der Waals surface area contributed by atoms with E-state index in [4.69, 9.17) is 18.9 Å². The number of benzene rings is 1. The van der Waals surface area contributed by atoms with Crippen molar-refractivity contribution in [3.63, 3.8) is 0 Å². The molecule has 1 N–H and O–H groups in total. The second-order valence-electron chi connectivity index (χ2n) is 4.93. The van der Waals surface area contributed by atoms with Gasteiger partial charge in [0.1, 0.15) is 0 Å². The Morgan fingerprint density at radius 1 is 1.11 bits per heavy atom. The normalized spacial score (nSPS) is 21.9. The van der Waals surface area contributed by atoms with Crippen molar-refractivity contribution in [2.24, 2.45) is 0 Å². The summed E-state index contributed by atoms with van der Waals surface area (Å²) in [5.74, 6) is 1.09. The van der Waals surface area contributed by atoms with E-state index in [2.05, 4.69) is 5.32 Å². The summed E-state index contributed by atoms with van der Waals surface area (Å²) in [6, 6.07) is 5.95. The van der Waals surface area contributed by atoms with Crippen molar-refractivity contribution in [1.82, 2.24) is 0 Å². The van der Waals surface area contributed by atoms with Crippen LogP contribution in [0, 0.1) is 0 Å². The van der Waals surface area contributed by atoms with Crippen LogP contribution in [-0.4, -0.2) is 31.8 Å². The van der Waals surface area contributed by atoms with E-state index in [9.17, 15) is 0 Å². The first-order chi connectivity index (χ1) is 8.62. The summed E-state index contributed by atoms with van der Waals surface area (Å²) in [5, 5.41) is 3.36. The van der Waals surface area contributed by atoms with Crippen molar-refractivity contribution in [3.05, 3.63) is 18.2 Å². The van der Waals surface area contributed by atoms with Gasteiger partial charge in [0.2, 0.25) is 6.79 Å². The van der Waals surface area contributed by atoms with Crippen LogP contribution in [0.15, 0.2) is 18.2 Å². The molecular weight excluding hydrogens is 234 g/mol. The van der Waals surface area contributed by atoms with Gasteiger partial charge in [-0.3, -0.25) is 0 Å². The van der Waals surface area contributed by atoms with Crippen molar-refractivity contribution >= 4 is 5.69 Å². The van der Waals surface area contributed by atoms with E-state index in [1.165, 1.54) is 0 Å². The summed E-state index contributed by atoms with van der Waals surface area (Å²) in [5.41, 5.74) is 0.983. The third kappa shape index (κ3) is 2.37. The highest BCUT2D eigenvalue weighted by Gasteiger charge is 2.28. The van der Waals surface area contributed by atoms with Crippen LogP contribution in [0.4, 0.5) is 5.69 Å². The molecule has 1 aromatic carbocycles. The Morgan fingerprint density at radius 2 is 1.83 bits per heavy atom. The molecule has 0 aliphatic carbocycles. The zero-order valence-corrected chi connectivity index (χ0v) is 10.6. The lowest BCUT2D eigenvalue weighted by atomic mass is 10.2. The molecule has 0 bridgehead atoms. The minimum Gasteiger partial charge on any atom is -0.454 e. The molecule has 1 saturated heterocycles. The largest absolute Gasteiger partial charge is 0.454 e. The molecule has 2 aliphatic heterocycles. The average molecular weight is 251 g/mol. The van der Waals surface area contributed by atoms with Crippen LogP contribution < -0.4 is 14.8 Å². The fraction of sp³-hybridized carbons (Fsp3) is 0.538. The highest BCUT2D eigenvalue weighted by Crippen LogP contribution is 2.34. The maximum Gasteiger partial charge on any atom is 0.231 e. The van der Waals surface area contributed by atoms with E-state index in [1.807, 2.05) is 32.0 Å². The van der Waals surface area contributed by atoms with Crippen molar-refractivity contribution in [1.29, 1.82) is 0 Å². The Balaban J connectivity index is 1.63. The molecule has 5 heteroatoms. The molecule has 98 valence electrons. The SMILES string of the molecule is CC1(C)OCC(Nc2ccc3c(c2)OCO3)CO1. The molecule has 0 unspecified atom stereocenters. The van der Waals surface area contributed by atoms with Gasteiger partial charge in [-0.15, -0.1) is 0 Å². The summed E-state index contributed by atoms with van der Waals surface area (Å²) < 4.78 is 21.8. The number of fused-ring (bicyclic) bond motifs is 1. The van der Waals surface area contributed by atoms with Crippen LogP contribution in [0.1, 0.15) is 13.8 Å². The molecule has 0 aromatic heterocycles. The zero-order chi connectivity index (χ0) is 12.6. The van der Waals surface area contributed by atoms with E-state index >= 15 is 0 Å². The summed E-state index contributed by atoms with van der Waals surface area (Å²) in [6.45, 7) is 5.39. The van der Waals surface area contributed by atoms with Crippen molar-refractivity contribution in [2.75, 3.05) is 25.3 Å². The average Bonchev–Trinajstić information content (AvgIpc) is 2.79. The van der Waals surface area contributed by atoms with Gasteiger partial charge in [0.25, 0.3) is 0 Å². The number of hydrogen-bond donors (Lipinski definition) is 1. The zero-order valence-electron chi connectivity index (χ0n) is 10.6. The molecule has 3 rings (SSSR count). The highest BCUT2D eigenvalue weighted by atomic mass is 16.7. The number of rotatable bonds is 2. The Hall–Kier alpha value is -1.46. The summed E-state index contributed by atoms with van der Waals surface area (Å²) in [6.07, 6.45) is 0. The van der Waals surface area contributed by atoms with Gasteiger partial charge in [0.05, 0.1) is 19.3 Å². The fourth-order valence-electron chi connectivity index (χ4n) is 2.00. The fourth-order valence-corrected chi connectivity index (χ4v) is 2.00. The van der Waals surface area contributed by atoms with Gasteiger partial charge in [-0.1, -0.05) is 0 Å². The Bertz CT molecular complexity index is 437. The lowest BCUT2D eigenvalue weighted by molar-refractivity contribution is -0.247. The smallest absolute Gasteiger partial charge is 0.231 e. The lowest BCUT2D eigenvalue weighted by Crippen LogP contribution is -2.45. The van der Waals surface area contributed by atoms with Gasteiger partial charge in [0.15, 0.2) is 17.3 Å². The molecule has 0 spiro atoms. The van der Waals surface area contributed by atoms with Gasteiger partial charge < -0.3 is 24.3 Å². The monoisotopic (exact) mass is 251 g/mol. The lowest BCUT2D eigenvalue weighted by Gasteiger charge is -2.35. The van der Waals surface area contributed by atoms with Gasteiger partial charge in [0, 0.05) is 11.8 Å². The van der Waals surface area contributed by atoms with Crippen LogP contribution >= 0.6 is 0 Å². The van der Waals surface area contributed by atoms with E-state index < -0.39 is 5.79 Å². The third-order valence-corrected chi connectivity index (χ3v) is 3.01. The highest BCUT2D eigenvalue weighted by molar-refractivity contribution is 5.56. The van der Waals surface area contributed by atoms with Gasteiger partial charge in [-0.25, -0.2) is 0 Å². The molecular formula is C13H17NO4. The van der Waals surface area contributed by atoms with Gasteiger partial charge in [-0.2, -0.15) is 0 Å². The second kappa shape index (κ2) is 4.33. The number of anilines is 1. The first kappa shape index (κ1) is 11.6. The van der Waals surface area contributed by atoms with Crippen molar-refractivity contribution in [2.45, 2.75) is 25.7 Å². The molecule has 1 aromatic rings. The van der Waals surface area contributed by atoms with Gasteiger partial charge >= 0.3 is 0 Å². The number of nitrogens with one attached hydrogen (secondary N) is 1. The molecule has 1 fully saturated rings.